The smallest absolute Gasteiger partial charge is 0.0508 e. The van der Waals surface area contributed by atoms with Gasteiger partial charge in [0.2, 0.25) is 0 Å². The van der Waals surface area contributed by atoms with Crippen molar-refractivity contribution in [2.45, 2.75) is 9.84 Å². The van der Waals surface area contributed by atoms with Gasteiger partial charge in [-0.2, -0.15) is 0 Å². The van der Waals surface area contributed by atoms with E-state index in [0.29, 0.717) is 0 Å². The molecule has 0 amide bonds. The van der Waals surface area contributed by atoms with E-state index in [4.69, 9.17) is 4.74 Å². The van der Waals surface area contributed by atoms with Crippen molar-refractivity contribution < 1.29 is 4.74 Å². The number of alkyl halides is 1. The van der Waals surface area contributed by atoms with E-state index < -0.39 is 0 Å². The van der Waals surface area contributed by atoms with Crippen LogP contribution in [0.1, 0.15) is 11.5 Å². The van der Waals surface area contributed by atoms with Crippen molar-refractivity contribution in [2.75, 3.05) is 13.2 Å². The molecular weight excluding hydrogens is 287 g/mol. The molecule has 1 nitrogen and oxygen atoms in total. The molecule has 2 fully saturated rings. The van der Waals surface area contributed by atoms with Crippen molar-refractivity contribution >= 4 is 22.6 Å². The first-order valence-electron chi connectivity index (χ1n) is 5.14. The number of hydrogen-bond donors (Lipinski definition) is 0. The number of halogens is 1. The Morgan fingerprint density at radius 1 is 1.07 bits per heavy atom. The summed E-state index contributed by atoms with van der Waals surface area (Å²) in [5.41, 5.74) is 1.50. The van der Waals surface area contributed by atoms with Crippen LogP contribution in [0.25, 0.3) is 0 Å². The Labute approximate surface area is 98.0 Å². The molecule has 1 saturated heterocycles. The zero-order chi connectivity index (χ0) is 9.54. The molecule has 74 valence electrons. The van der Waals surface area contributed by atoms with Crippen LogP contribution in [0.4, 0.5) is 0 Å². The molecule has 1 heterocycles. The first kappa shape index (κ1) is 9.16. The second-order valence-corrected chi connectivity index (χ2v) is 5.68. The van der Waals surface area contributed by atoms with E-state index in [-0.39, 0.29) is 0 Å². The molecule has 1 aromatic carbocycles. The minimum absolute atomic E-state index is 0.740. The second-order valence-electron chi connectivity index (χ2n) is 4.25. The van der Waals surface area contributed by atoms with Crippen LogP contribution in [0, 0.1) is 11.8 Å². The maximum atomic E-state index is 5.55. The molecular formula is C12H13IO. The third kappa shape index (κ3) is 1.23. The molecule has 1 aromatic rings. The Balaban J connectivity index is 1.87. The van der Waals surface area contributed by atoms with Gasteiger partial charge in [-0.15, -0.1) is 0 Å². The monoisotopic (exact) mass is 300 g/mol. The van der Waals surface area contributed by atoms with Crippen molar-refractivity contribution in [3.05, 3.63) is 35.9 Å². The van der Waals surface area contributed by atoms with Gasteiger partial charge >= 0.3 is 0 Å². The van der Waals surface area contributed by atoms with Crippen LogP contribution < -0.4 is 0 Å². The van der Waals surface area contributed by atoms with Crippen molar-refractivity contribution in [1.82, 2.24) is 0 Å². The summed E-state index contributed by atoms with van der Waals surface area (Å²) in [5.74, 6) is 2.35. The summed E-state index contributed by atoms with van der Waals surface area (Å²) in [6.45, 7) is 1.96. The fourth-order valence-electron chi connectivity index (χ4n) is 2.75. The Morgan fingerprint density at radius 3 is 2.57 bits per heavy atom. The molecule has 4 atom stereocenters. The molecule has 0 radical (unpaired) electrons. The van der Waals surface area contributed by atoms with E-state index in [2.05, 4.69) is 52.9 Å². The van der Waals surface area contributed by atoms with Gasteiger partial charge in [0.1, 0.15) is 0 Å². The van der Waals surface area contributed by atoms with Crippen LogP contribution in [0.3, 0.4) is 0 Å². The summed E-state index contributed by atoms with van der Waals surface area (Å²) in [6, 6.07) is 10.9. The third-order valence-corrected chi connectivity index (χ3v) is 5.27. The van der Waals surface area contributed by atoms with Gasteiger partial charge < -0.3 is 4.74 Å². The lowest BCUT2D eigenvalue weighted by molar-refractivity contribution is 0.185. The summed E-state index contributed by atoms with van der Waals surface area (Å²) in [5, 5.41) is 0. The van der Waals surface area contributed by atoms with Crippen LogP contribution in [-0.4, -0.2) is 17.1 Å². The second kappa shape index (κ2) is 3.49. The van der Waals surface area contributed by atoms with E-state index in [1.54, 1.807) is 0 Å². The van der Waals surface area contributed by atoms with Gasteiger partial charge in [0, 0.05) is 15.8 Å². The SMILES string of the molecule is IC1C(c2ccccc2)[C@@H]2COC[C@H]12. The number of hydrogen-bond acceptors (Lipinski definition) is 1. The number of rotatable bonds is 1. The molecule has 14 heavy (non-hydrogen) atoms. The molecule has 2 aliphatic rings. The van der Waals surface area contributed by atoms with Crippen LogP contribution in [0.15, 0.2) is 30.3 Å². The summed E-state index contributed by atoms with van der Waals surface area (Å²) >= 11 is 2.60. The van der Waals surface area contributed by atoms with E-state index in [9.17, 15) is 0 Å². The predicted molar refractivity (Wildman–Crippen MR) is 64.8 cm³/mol. The Kier molecular flexibility index (Phi) is 2.28. The van der Waals surface area contributed by atoms with Gasteiger partial charge in [-0.25, -0.2) is 0 Å². The van der Waals surface area contributed by atoms with Crippen LogP contribution in [0.2, 0.25) is 0 Å². The van der Waals surface area contributed by atoms with Crippen molar-refractivity contribution in [1.29, 1.82) is 0 Å². The van der Waals surface area contributed by atoms with Gasteiger partial charge in [-0.1, -0.05) is 52.9 Å². The van der Waals surface area contributed by atoms with Crippen LogP contribution in [0.5, 0.6) is 0 Å². The van der Waals surface area contributed by atoms with Crippen molar-refractivity contribution in [3.63, 3.8) is 0 Å². The van der Waals surface area contributed by atoms with Gasteiger partial charge in [0.25, 0.3) is 0 Å². The fraction of sp³-hybridized carbons (Fsp3) is 0.500. The molecule has 1 aliphatic heterocycles. The van der Waals surface area contributed by atoms with Gasteiger partial charge in [-0.05, 0) is 11.5 Å². The summed E-state index contributed by atoms with van der Waals surface area (Å²) < 4.78 is 6.33. The average molecular weight is 300 g/mol. The first-order chi connectivity index (χ1) is 6.88. The van der Waals surface area contributed by atoms with E-state index in [1.165, 1.54) is 5.56 Å². The van der Waals surface area contributed by atoms with Crippen LogP contribution >= 0.6 is 22.6 Å². The molecule has 3 rings (SSSR count). The molecule has 0 N–H and O–H groups in total. The lowest BCUT2D eigenvalue weighted by Gasteiger charge is -2.44. The van der Waals surface area contributed by atoms with E-state index in [0.717, 1.165) is 34.9 Å². The topological polar surface area (TPSA) is 9.23 Å². The minimum Gasteiger partial charge on any atom is -0.381 e. The van der Waals surface area contributed by atoms with Gasteiger partial charge in [-0.3, -0.25) is 0 Å². The lowest BCUT2D eigenvalue weighted by Crippen LogP contribution is -2.44. The Bertz CT molecular complexity index is 324. The predicted octanol–water partition coefficient (Wildman–Crippen LogP) is 2.85. The molecule has 1 aliphatic carbocycles. The highest BCUT2D eigenvalue weighted by atomic mass is 127. The van der Waals surface area contributed by atoms with E-state index >= 15 is 0 Å². The maximum absolute atomic E-state index is 5.55. The minimum atomic E-state index is 0.740. The lowest BCUT2D eigenvalue weighted by atomic mass is 9.64. The zero-order valence-electron chi connectivity index (χ0n) is 7.90. The third-order valence-electron chi connectivity index (χ3n) is 3.57. The number of fused-ring (bicyclic) bond motifs is 1. The molecule has 0 bridgehead atoms. The van der Waals surface area contributed by atoms with Crippen molar-refractivity contribution in [3.8, 4) is 0 Å². The molecule has 2 unspecified atom stereocenters. The van der Waals surface area contributed by atoms with E-state index in [1.807, 2.05) is 0 Å². The Morgan fingerprint density at radius 2 is 1.79 bits per heavy atom. The van der Waals surface area contributed by atoms with Crippen LogP contribution in [-0.2, 0) is 4.74 Å². The average Bonchev–Trinajstić information content (AvgIpc) is 2.63. The summed E-state index contributed by atoms with van der Waals surface area (Å²) in [6.07, 6.45) is 0. The van der Waals surface area contributed by atoms with Gasteiger partial charge in [0.05, 0.1) is 13.2 Å². The number of benzene rings is 1. The standard InChI is InChI=1S/C12H13IO/c13-12-10-7-14-6-9(10)11(12)8-4-2-1-3-5-8/h1-5,9-12H,6-7H2/t9-,10+,11?,12?/m1/s1. The first-order valence-corrected chi connectivity index (χ1v) is 6.39. The zero-order valence-corrected chi connectivity index (χ0v) is 10.1. The molecule has 0 aromatic heterocycles. The Hall–Kier alpha value is -0.0900. The maximum Gasteiger partial charge on any atom is 0.0508 e. The largest absolute Gasteiger partial charge is 0.381 e. The summed E-state index contributed by atoms with van der Waals surface area (Å²) in [7, 11) is 0. The van der Waals surface area contributed by atoms with Gasteiger partial charge in [0.15, 0.2) is 0 Å². The normalized spacial score (nSPS) is 40.4. The quantitative estimate of drug-likeness (QED) is 0.572. The summed E-state index contributed by atoms with van der Waals surface area (Å²) in [4.78, 5) is 0. The molecule has 1 saturated carbocycles. The van der Waals surface area contributed by atoms with Crippen molar-refractivity contribution in [2.24, 2.45) is 11.8 Å². The highest BCUT2D eigenvalue weighted by Gasteiger charge is 2.52. The molecule has 2 heteroatoms. The number of ether oxygens (including phenoxy) is 1. The highest BCUT2D eigenvalue weighted by molar-refractivity contribution is 14.1. The highest BCUT2D eigenvalue weighted by Crippen LogP contribution is 2.54. The fourth-order valence-corrected chi connectivity index (χ4v) is 4.44. The molecule has 0 spiro atoms.